The second-order valence-electron chi connectivity index (χ2n) is 20.2. The van der Waals surface area contributed by atoms with Crippen LogP contribution >= 0.6 is 0 Å². The summed E-state index contributed by atoms with van der Waals surface area (Å²) < 4.78 is 25.5. The van der Waals surface area contributed by atoms with Crippen molar-refractivity contribution in [2.75, 3.05) is 54.3 Å². The van der Waals surface area contributed by atoms with Crippen LogP contribution in [0.4, 0.5) is 14.4 Å². The average Bonchev–Trinajstić information content (AvgIpc) is 1.93. The zero-order valence-corrected chi connectivity index (χ0v) is 48.3. The Morgan fingerprint density at radius 3 is 1.27 bits per heavy atom. The molecule has 7 aromatic carbocycles. The fourth-order valence-corrected chi connectivity index (χ4v) is 9.95. The number of hydrogen-bond acceptors (Lipinski definition) is 14. The van der Waals surface area contributed by atoms with E-state index in [1.165, 1.54) is 65.8 Å². The van der Waals surface area contributed by atoms with Crippen LogP contribution in [0.3, 0.4) is 0 Å². The standard InChI is InChI=1S/C24H29N3O6.C16H15NO3.C16H14O3.C12H8O2/c1-24(2,3)33-22(29)25-13-20(21(28)27-31-4)26-23(30)32-14-19-17-11-7-5-9-15(17)16-10-6-8-12-18(16)19;1-19-17-16(18)20-10-15-13-8-4-2-6-11(13)12-7-3-5-9-14(12)15;17-9-16(18)19-10-15-13-7-3-1-5-11(13)12-6-2-4-8-14(12)15;1-3-4-5-10-6-8-11(9-7-10)12(13)14-2/h5-12,19-20H,13-14H2,1-4H3,(H,25,29)(H,26,30)(H,27,28);2-9,15H,10H2,1H3,(H,17,18);1-8,15,17H,9-10H2;1,6-9H,2H3/t20-;;;/m1.../s1. The first-order valence-electron chi connectivity index (χ1n) is 27.2. The van der Waals surface area contributed by atoms with Crippen LogP contribution in [-0.4, -0.2) is 107 Å². The molecule has 442 valence electrons. The molecule has 10 rings (SSSR count). The molecular formula is C68H66N4O14. The molecule has 3 aliphatic carbocycles. The lowest BCUT2D eigenvalue weighted by atomic mass is 9.98. The first kappa shape index (κ1) is 63.3. The predicted molar refractivity (Wildman–Crippen MR) is 322 cm³/mol. The Hall–Kier alpha value is -10.2. The van der Waals surface area contributed by atoms with E-state index in [2.05, 4.69) is 102 Å². The molecule has 0 aliphatic heterocycles. The van der Waals surface area contributed by atoms with Crippen LogP contribution in [0, 0.1) is 24.2 Å². The third-order valence-electron chi connectivity index (χ3n) is 13.6. The molecule has 5 N–H and O–H groups in total. The summed E-state index contributed by atoms with van der Waals surface area (Å²) in [6.07, 6.45) is 2.90. The van der Waals surface area contributed by atoms with Gasteiger partial charge in [-0.05, 0) is 124 Å². The smallest absolute Gasteiger partial charge is 0.431 e. The number of methoxy groups -OCH3 is 1. The second kappa shape index (κ2) is 30.9. The van der Waals surface area contributed by atoms with Gasteiger partial charge in [0.05, 0.1) is 33.4 Å². The summed E-state index contributed by atoms with van der Waals surface area (Å²) >= 11 is 0. The van der Waals surface area contributed by atoms with Crippen molar-refractivity contribution in [3.63, 3.8) is 0 Å². The van der Waals surface area contributed by atoms with Crippen molar-refractivity contribution in [2.45, 2.75) is 50.2 Å². The number of terminal acetylenes is 1. The molecule has 1 atom stereocenters. The molecule has 4 amide bonds. The summed E-state index contributed by atoms with van der Waals surface area (Å²) in [6, 6.07) is 54.3. The zero-order chi connectivity index (χ0) is 61.6. The number of benzene rings is 7. The van der Waals surface area contributed by atoms with Gasteiger partial charge in [-0.15, -0.1) is 6.42 Å². The number of amides is 4. The fraction of sp³-hybridized carbons (Fsp3) is 0.235. The van der Waals surface area contributed by atoms with Gasteiger partial charge in [-0.25, -0.2) is 29.5 Å². The third kappa shape index (κ3) is 16.7. The highest BCUT2D eigenvalue weighted by atomic mass is 16.7. The van der Waals surface area contributed by atoms with E-state index < -0.39 is 48.4 Å². The summed E-state index contributed by atoms with van der Waals surface area (Å²) in [7, 11) is 3.99. The van der Waals surface area contributed by atoms with Crippen LogP contribution in [0.2, 0.25) is 0 Å². The Morgan fingerprint density at radius 1 is 0.523 bits per heavy atom. The van der Waals surface area contributed by atoms with Crippen LogP contribution in [0.15, 0.2) is 170 Å². The molecule has 0 bridgehead atoms. The van der Waals surface area contributed by atoms with Crippen LogP contribution in [0.5, 0.6) is 0 Å². The van der Waals surface area contributed by atoms with Gasteiger partial charge in [0.1, 0.15) is 38.1 Å². The minimum absolute atomic E-state index is 0.0582. The molecule has 7 aromatic rings. The molecule has 0 heterocycles. The van der Waals surface area contributed by atoms with Gasteiger partial charge in [0, 0.05) is 23.3 Å². The highest BCUT2D eigenvalue weighted by Crippen LogP contribution is 2.47. The molecule has 0 saturated carbocycles. The highest BCUT2D eigenvalue weighted by Gasteiger charge is 2.32. The van der Waals surface area contributed by atoms with Crippen molar-refractivity contribution in [3.05, 3.63) is 214 Å². The number of aliphatic hydroxyl groups excluding tert-OH is 1. The number of alkyl carbamates (subject to hydrolysis) is 2. The van der Waals surface area contributed by atoms with Crippen molar-refractivity contribution < 1.29 is 67.2 Å². The molecule has 0 fully saturated rings. The summed E-state index contributed by atoms with van der Waals surface area (Å²) in [5, 5.41) is 13.7. The first-order valence-corrected chi connectivity index (χ1v) is 27.2. The summed E-state index contributed by atoms with van der Waals surface area (Å²) in [5.74, 6) is 5.86. The topological polar surface area (TPSA) is 235 Å². The number of fused-ring (bicyclic) bond motifs is 9. The number of carbonyl (C=O) groups excluding carboxylic acids is 6. The van der Waals surface area contributed by atoms with Gasteiger partial charge in [-0.3, -0.25) is 14.5 Å². The molecule has 18 nitrogen and oxygen atoms in total. The zero-order valence-electron chi connectivity index (χ0n) is 48.3. The van der Waals surface area contributed by atoms with Gasteiger partial charge in [-0.1, -0.05) is 152 Å². The van der Waals surface area contributed by atoms with Crippen molar-refractivity contribution >= 4 is 36.1 Å². The number of rotatable bonds is 14. The summed E-state index contributed by atoms with van der Waals surface area (Å²) in [4.78, 5) is 79.4. The quantitative estimate of drug-likeness (QED) is 0.0295. The Kier molecular flexibility index (Phi) is 22.7. The summed E-state index contributed by atoms with van der Waals surface area (Å²) in [5.41, 5.74) is 18.8. The van der Waals surface area contributed by atoms with Crippen LogP contribution in [0.1, 0.15) is 87.8 Å². The normalized spacial score (nSPS) is 12.2. The monoisotopic (exact) mass is 1160 g/mol. The van der Waals surface area contributed by atoms with Gasteiger partial charge >= 0.3 is 30.2 Å². The van der Waals surface area contributed by atoms with Gasteiger partial charge in [0.25, 0.3) is 5.91 Å². The van der Waals surface area contributed by atoms with Crippen molar-refractivity contribution in [3.8, 4) is 57.6 Å². The van der Waals surface area contributed by atoms with Gasteiger partial charge < -0.3 is 39.4 Å². The number of hydroxylamine groups is 2. The molecule has 18 heteroatoms. The number of esters is 2. The van der Waals surface area contributed by atoms with Crippen molar-refractivity contribution in [1.29, 1.82) is 0 Å². The number of ether oxygens (including phenoxy) is 5. The lowest BCUT2D eigenvalue weighted by Gasteiger charge is -2.22. The maximum absolute atomic E-state index is 12.5. The first-order chi connectivity index (χ1) is 41.6. The molecule has 86 heavy (non-hydrogen) atoms. The van der Waals surface area contributed by atoms with E-state index in [9.17, 15) is 28.8 Å². The third-order valence-corrected chi connectivity index (χ3v) is 13.6. The molecule has 0 saturated heterocycles. The Morgan fingerprint density at radius 2 is 0.907 bits per heavy atom. The molecular weight excluding hydrogens is 1100 g/mol. The minimum Gasteiger partial charge on any atom is -0.465 e. The van der Waals surface area contributed by atoms with E-state index in [1.807, 2.05) is 97.1 Å². The largest absolute Gasteiger partial charge is 0.465 e. The molecule has 0 unspecified atom stereocenters. The van der Waals surface area contributed by atoms with Gasteiger partial charge in [-0.2, -0.15) is 5.48 Å². The molecule has 3 aliphatic rings. The van der Waals surface area contributed by atoms with E-state index in [0.29, 0.717) is 12.2 Å². The lowest BCUT2D eigenvalue weighted by molar-refractivity contribution is -0.147. The van der Waals surface area contributed by atoms with E-state index >= 15 is 0 Å². The van der Waals surface area contributed by atoms with Crippen LogP contribution in [-0.2, 0) is 42.9 Å². The van der Waals surface area contributed by atoms with Crippen molar-refractivity contribution in [2.24, 2.45) is 0 Å². The number of hydrogen-bond donors (Lipinski definition) is 5. The number of aliphatic hydroxyl groups is 1. The van der Waals surface area contributed by atoms with Crippen LogP contribution < -0.4 is 21.6 Å². The Labute approximate surface area is 499 Å². The minimum atomic E-state index is -1.13. The average molecular weight is 1160 g/mol. The predicted octanol–water partition coefficient (Wildman–Crippen LogP) is 9.97. The number of nitrogens with one attached hydrogen (secondary N) is 4. The summed E-state index contributed by atoms with van der Waals surface area (Å²) in [6.45, 7) is 5.03. The number of carbonyl (C=O) groups is 6. The lowest BCUT2D eigenvalue weighted by Crippen LogP contribution is -2.53. The SMILES string of the molecule is C#CC#Cc1ccc(C(=O)OC)cc1.CONC(=O)OCC1c2ccccc2-c2ccccc21.CONC(=O)[C@@H](CNC(=O)OC(C)(C)C)NC(=O)OCC1c2ccccc2-c2ccccc21.O=C(CO)OCC1c2ccccc2-c2ccccc21. The molecule has 0 spiro atoms. The van der Waals surface area contributed by atoms with Crippen LogP contribution in [0.25, 0.3) is 33.4 Å². The van der Waals surface area contributed by atoms with E-state index in [0.717, 1.165) is 27.8 Å². The van der Waals surface area contributed by atoms with Gasteiger partial charge in [0.15, 0.2) is 0 Å². The molecule has 0 radical (unpaired) electrons. The Balaban J connectivity index is 0.000000173. The fourth-order valence-electron chi connectivity index (χ4n) is 9.95. The Bertz CT molecular complexity index is 3500. The maximum Gasteiger partial charge on any atom is 0.431 e. The highest BCUT2D eigenvalue weighted by molar-refractivity contribution is 5.89. The van der Waals surface area contributed by atoms with Crippen molar-refractivity contribution in [1.82, 2.24) is 21.6 Å². The maximum atomic E-state index is 12.5. The molecule has 0 aromatic heterocycles. The van der Waals surface area contributed by atoms with Gasteiger partial charge in [0.2, 0.25) is 0 Å². The second-order valence-corrected chi connectivity index (χ2v) is 20.2. The van der Waals surface area contributed by atoms with E-state index in [1.54, 1.807) is 45.0 Å². The van der Waals surface area contributed by atoms with E-state index in [-0.39, 0.29) is 43.5 Å². The van der Waals surface area contributed by atoms with E-state index in [4.69, 9.17) is 30.5 Å².